The van der Waals surface area contributed by atoms with Gasteiger partial charge in [0.1, 0.15) is 5.75 Å². The molecule has 0 radical (unpaired) electrons. The van der Waals surface area contributed by atoms with Crippen LogP contribution in [0.3, 0.4) is 0 Å². The Kier molecular flexibility index (Phi) is 5.89. The number of methoxy groups -OCH3 is 1. The lowest BCUT2D eigenvalue weighted by Gasteiger charge is -2.12. The van der Waals surface area contributed by atoms with Crippen molar-refractivity contribution in [3.05, 3.63) is 83.4 Å². The molecule has 0 aliphatic rings. The van der Waals surface area contributed by atoms with Gasteiger partial charge in [-0.2, -0.15) is 0 Å². The standard InChI is InChI=1S/C22H22N2O4S/c1-15-7-10-18(11-8-15)24-29(26,27)19-6-4-5-17(14-19)22(25)23-20-13-16(2)9-12-21(20)28-3/h4-14,24H,1-3H3,(H,23,25). The minimum Gasteiger partial charge on any atom is -0.495 e. The third-order valence-electron chi connectivity index (χ3n) is 4.31. The van der Waals surface area contributed by atoms with E-state index in [1.807, 2.05) is 32.0 Å². The van der Waals surface area contributed by atoms with Gasteiger partial charge < -0.3 is 10.1 Å². The van der Waals surface area contributed by atoms with E-state index in [9.17, 15) is 13.2 Å². The van der Waals surface area contributed by atoms with Crippen LogP contribution in [0.5, 0.6) is 5.75 Å². The molecule has 0 saturated carbocycles. The number of rotatable bonds is 6. The summed E-state index contributed by atoms with van der Waals surface area (Å²) in [5.41, 5.74) is 3.18. The fraction of sp³-hybridized carbons (Fsp3) is 0.136. The molecule has 3 rings (SSSR count). The molecule has 0 atom stereocenters. The zero-order valence-corrected chi connectivity index (χ0v) is 17.2. The van der Waals surface area contributed by atoms with E-state index in [4.69, 9.17) is 4.74 Å². The molecule has 29 heavy (non-hydrogen) atoms. The Morgan fingerprint density at radius 1 is 0.897 bits per heavy atom. The zero-order chi connectivity index (χ0) is 21.0. The van der Waals surface area contributed by atoms with Crippen LogP contribution in [0.25, 0.3) is 0 Å². The second kappa shape index (κ2) is 8.36. The summed E-state index contributed by atoms with van der Waals surface area (Å²) < 4.78 is 33.2. The maximum atomic E-state index is 12.7. The number of nitrogens with one attached hydrogen (secondary N) is 2. The van der Waals surface area contributed by atoms with Gasteiger partial charge in [-0.05, 0) is 61.9 Å². The predicted octanol–water partition coefficient (Wildman–Crippen LogP) is 4.37. The summed E-state index contributed by atoms with van der Waals surface area (Å²) in [5.74, 6) is 0.0926. The molecule has 2 N–H and O–H groups in total. The van der Waals surface area contributed by atoms with E-state index in [-0.39, 0.29) is 10.5 Å². The van der Waals surface area contributed by atoms with Crippen LogP contribution in [-0.4, -0.2) is 21.4 Å². The summed E-state index contributed by atoms with van der Waals surface area (Å²) in [7, 11) is -2.31. The van der Waals surface area contributed by atoms with E-state index in [0.717, 1.165) is 11.1 Å². The van der Waals surface area contributed by atoms with Gasteiger partial charge in [0.25, 0.3) is 15.9 Å². The fourth-order valence-electron chi connectivity index (χ4n) is 2.75. The molecule has 7 heteroatoms. The van der Waals surface area contributed by atoms with Gasteiger partial charge in [-0.25, -0.2) is 8.42 Å². The average molecular weight is 410 g/mol. The van der Waals surface area contributed by atoms with E-state index in [0.29, 0.717) is 17.1 Å². The van der Waals surface area contributed by atoms with Crippen LogP contribution in [0.15, 0.2) is 71.6 Å². The maximum Gasteiger partial charge on any atom is 0.261 e. The molecule has 0 unspecified atom stereocenters. The lowest BCUT2D eigenvalue weighted by atomic mass is 10.1. The van der Waals surface area contributed by atoms with Crippen LogP contribution in [0.4, 0.5) is 11.4 Å². The van der Waals surface area contributed by atoms with Gasteiger partial charge in [0.05, 0.1) is 17.7 Å². The number of anilines is 2. The molecule has 3 aromatic rings. The van der Waals surface area contributed by atoms with E-state index in [1.54, 1.807) is 30.3 Å². The molecule has 6 nitrogen and oxygen atoms in total. The van der Waals surface area contributed by atoms with Crippen LogP contribution < -0.4 is 14.8 Å². The Bertz CT molecular complexity index is 1140. The molecule has 0 aromatic heterocycles. The minimum absolute atomic E-state index is 0.00179. The van der Waals surface area contributed by atoms with Gasteiger partial charge in [0.15, 0.2) is 0 Å². The van der Waals surface area contributed by atoms with Gasteiger partial charge in [-0.1, -0.05) is 29.8 Å². The molecule has 0 bridgehead atoms. The number of ether oxygens (including phenoxy) is 1. The van der Waals surface area contributed by atoms with E-state index >= 15 is 0 Å². The van der Waals surface area contributed by atoms with Gasteiger partial charge >= 0.3 is 0 Å². The molecule has 0 aliphatic heterocycles. The molecule has 0 heterocycles. The van der Waals surface area contributed by atoms with Crippen molar-refractivity contribution in [2.45, 2.75) is 18.7 Å². The first kappa shape index (κ1) is 20.4. The highest BCUT2D eigenvalue weighted by molar-refractivity contribution is 7.92. The van der Waals surface area contributed by atoms with Gasteiger partial charge in [-0.15, -0.1) is 0 Å². The highest BCUT2D eigenvalue weighted by Crippen LogP contribution is 2.26. The van der Waals surface area contributed by atoms with Gasteiger partial charge in [-0.3, -0.25) is 9.52 Å². The fourth-order valence-corrected chi connectivity index (χ4v) is 3.86. The highest BCUT2D eigenvalue weighted by atomic mass is 32.2. The monoisotopic (exact) mass is 410 g/mol. The molecular formula is C22H22N2O4S. The smallest absolute Gasteiger partial charge is 0.261 e. The lowest BCUT2D eigenvalue weighted by molar-refractivity contribution is 0.102. The van der Waals surface area contributed by atoms with Gasteiger partial charge in [0.2, 0.25) is 0 Å². The quantitative estimate of drug-likeness (QED) is 0.632. The van der Waals surface area contributed by atoms with Crippen LogP contribution in [0.2, 0.25) is 0 Å². The molecule has 0 fully saturated rings. The third kappa shape index (κ3) is 4.94. The Hall–Kier alpha value is -3.32. The lowest BCUT2D eigenvalue weighted by Crippen LogP contribution is -2.16. The number of amides is 1. The number of carbonyl (C=O) groups excluding carboxylic acids is 1. The Balaban J connectivity index is 1.84. The molecule has 3 aromatic carbocycles. The normalized spacial score (nSPS) is 11.0. The summed E-state index contributed by atoms with van der Waals surface area (Å²) in [6.07, 6.45) is 0. The average Bonchev–Trinajstić information content (AvgIpc) is 2.70. The van der Waals surface area contributed by atoms with Crippen molar-refractivity contribution in [1.29, 1.82) is 0 Å². The van der Waals surface area contributed by atoms with Crippen molar-refractivity contribution in [1.82, 2.24) is 0 Å². The first-order chi connectivity index (χ1) is 13.8. The van der Waals surface area contributed by atoms with Gasteiger partial charge in [0, 0.05) is 11.3 Å². The topological polar surface area (TPSA) is 84.5 Å². The summed E-state index contributed by atoms with van der Waals surface area (Å²) in [6.45, 7) is 3.82. The summed E-state index contributed by atoms with van der Waals surface area (Å²) in [4.78, 5) is 12.7. The summed E-state index contributed by atoms with van der Waals surface area (Å²) in [5, 5.41) is 2.77. The maximum absolute atomic E-state index is 12.7. The second-order valence-corrected chi connectivity index (χ2v) is 8.34. The number of carbonyl (C=O) groups is 1. The Labute approximate surface area is 170 Å². The number of benzene rings is 3. The van der Waals surface area contributed by atoms with Crippen molar-refractivity contribution in [2.24, 2.45) is 0 Å². The third-order valence-corrected chi connectivity index (χ3v) is 5.69. The number of aryl methyl sites for hydroxylation is 2. The zero-order valence-electron chi connectivity index (χ0n) is 16.4. The van der Waals surface area contributed by atoms with Crippen molar-refractivity contribution < 1.29 is 17.9 Å². The van der Waals surface area contributed by atoms with Crippen molar-refractivity contribution in [3.8, 4) is 5.75 Å². The van der Waals surface area contributed by atoms with E-state index in [1.165, 1.54) is 25.3 Å². The first-order valence-electron chi connectivity index (χ1n) is 8.94. The van der Waals surface area contributed by atoms with E-state index < -0.39 is 15.9 Å². The van der Waals surface area contributed by atoms with Crippen molar-refractivity contribution in [2.75, 3.05) is 17.1 Å². The Morgan fingerprint density at radius 2 is 1.59 bits per heavy atom. The van der Waals surface area contributed by atoms with Crippen LogP contribution in [-0.2, 0) is 10.0 Å². The molecule has 1 amide bonds. The molecule has 150 valence electrons. The molecule has 0 aliphatic carbocycles. The summed E-state index contributed by atoms with van der Waals surface area (Å²) in [6, 6.07) is 18.3. The molecule has 0 spiro atoms. The second-order valence-electron chi connectivity index (χ2n) is 6.66. The number of sulfonamides is 1. The SMILES string of the molecule is COc1ccc(C)cc1NC(=O)c1cccc(S(=O)(=O)Nc2ccc(C)cc2)c1. The van der Waals surface area contributed by atoms with Crippen LogP contribution >= 0.6 is 0 Å². The largest absolute Gasteiger partial charge is 0.495 e. The minimum atomic E-state index is -3.83. The molecular weight excluding hydrogens is 388 g/mol. The summed E-state index contributed by atoms with van der Waals surface area (Å²) >= 11 is 0. The van der Waals surface area contributed by atoms with Crippen LogP contribution in [0, 0.1) is 13.8 Å². The highest BCUT2D eigenvalue weighted by Gasteiger charge is 2.17. The molecule has 0 saturated heterocycles. The Morgan fingerprint density at radius 3 is 2.28 bits per heavy atom. The number of hydrogen-bond acceptors (Lipinski definition) is 4. The van der Waals surface area contributed by atoms with E-state index in [2.05, 4.69) is 10.0 Å². The predicted molar refractivity (Wildman–Crippen MR) is 114 cm³/mol. The first-order valence-corrected chi connectivity index (χ1v) is 10.4. The van der Waals surface area contributed by atoms with Crippen LogP contribution in [0.1, 0.15) is 21.5 Å². The number of hydrogen-bond donors (Lipinski definition) is 2. The van der Waals surface area contributed by atoms with Crippen molar-refractivity contribution >= 4 is 27.3 Å². The van der Waals surface area contributed by atoms with Crippen molar-refractivity contribution in [3.63, 3.8) is 0 Å².